The summed E-state index contributed by atoms with van der Waals surface area (Å²) in [4.78, 5) is 22.4. The van der Waals surface area contributed by atoms with Crippen molar-refractivity contribution in [3.05, 3.63) is 29.8 Å². The molecule has 0 unspecified atom stereocenters. The SMILES string of the molecule is NCCCCCCC(=O)Nc1cccc(C(=O)O)c1. The Balaban J connectivity index is 2.35. The van der Waals surface area contributed by atoms with E-state index < -0.39 is 5.97 Å². The molecule has 0 saturated carbocycles. The summed E-state index contributed by atoms with van der Waals surface area (Å²) in [5.74, 6) is -1.09. The van der Waals surface area contributed by atoms with Gasteiger partial charge in [-0.3, -0.25) is 4.79 Å². The maximum Gasteiger partial charge on any atom is 0.335 e. The highest BCUT2D eigenvalue weighted by molar-refractivity contribution is 5.93. The molecule has 0 atom stereocenters. The van der Waals surface area contributed by atoms with Crippen LogP contribution < -0.4 is 11.1 Å². The van der Waals surface area contributed by atoms with Crippen LogP contribution in [0, 0.1) is 0 Å². The quantitative estimate of drug-likeness (QED) is 0.628. The Morgan fingerprint density at radius 3 is 2.58 bits per heavy atom. The molecule has 0 saturated heterocycles. The van der Waals surface area contributed by atoms with E-state index in [4.69, 9.17) is 10.8 Å². The van der Waals surface area contributed by atoms with E-state index in [0.717, 1.165) is 25.7 Å². The van der Waals surface area contributed by atoms with Gasteiger partial charge in [-0.15, -0.1) is 0 Å². The van der Waals surface area contributed by atoms with Crippen molar-refractivity contribution in [3.63, 3.8) is 0 Å². The molecule has 0 aliphatic heterocycles. The molecule has 0 radical (unpaired) electrons. The fourth-order valence-corrected chi connectivity index (χ4v) is 1.74. The minimum atomic E-state index is -1.00. The van der Waals surface area contributed by atoms with Gasteiger partial charge in [0.25, 0.3) is 0 Å². The van der Waals surface area contributed by atoms with E-state index in [-0.39, 0.29) is 11.5 Å². The van der Waals surface area contributed by atoms with Gasteiger partial charge in [-0.25, -0.2) is 4.79 Å². The van der Waals surface area contributed by atoms with Crippen molar-refractivity contribution < 1.29 is 14.7 Å². The molecule has 1 rings (SSSR count). The predicted molar refractivity (Wildman–Crippen MR) is 74.2 cm³/mol. The Bertz CT molecular complexity index is 432. The molecule has 0 aromatic heterocycles. The highest BCUT2D eigenvalue weighted by Gasteiger charge is 2.06. The minimum Gasteiger partial charge on any atom is -0.478 e. The van der Waals surface area contributed by atoms with E-state index in [1.54, 1.807) is 12.1 Å². The number of hydrogen-bond acceptors (Lipinski definition) is 3. The van der Waals surface area contributed by atoms with Crippen molar-refractivity contribution >= 4 is 17.6 Å². The number of hydrogen-bond donors (Lipinski definition) is 3. The van der Waals surface area contributed by atoms with Crippen molar-refractivity contribution in [2.24, 2.45) is 5.73 Å². The summed E-state index contributed by atoms with van der Waals surface area (Å²) in [5, 5.41) is 11.5. The molecule has 19 heavy (non-hydrogen) atoms. The summed E-state index contributed by atoms with van der Waals surface area (Å²) in [6.45, 7) is 0.689. The van der Waals surface area contributed by atoms with E-state index in [0.29, 0.717) is 18.7 Å². The number of unbranched alkanes of at least 4 members (excludes halogenated alkanes) is 3. The predicted octanol–water partition coefficient (Wildman–Crippen LogP) is 2.23. The molecule has 1 aromatic carbocycles. The van der Waals surface area contributed by atoms with Crippen LogP contribution in [0.5, 0.6) is 0 Å². The van der Waals surface area contributed by atoms with Crippen molar-refractivity contribution in [3.8, 4) is 0 Å². The minimum absolute atomic E-state index is 0.0877. The van der Waals surface area contributed by atoms with Crippen molar-refractivity contribution in [2.75, 3.05) is 11.9 Å². The van der Waals surface area contributed by atoms with E-state index in [9.17, 15) is 9.59 Å². The average Bonchev–Trinajstić information content (AvgIpc) is 2.38. The van der Waals surface area contributed by atoms with Crippen LogP contribution in [-0.4, -0.2) is 23.5 Å². The first-order chi connectivity index (χ1) is 9.13. The summed E-state index contributed by atoms with van der Waals surface area (Å²) < 4.78 is 0. The van der Waals surface area contributed by atoms with Crippen LogP contribution in [-0.2, 0) is 4.79 Å². The Morgan fingerprint density at radius 2 is 1.89 bits per heavy atom. The number of anilines is 1. The Morgan fingerprint density at radius 1 is 1.16 bits per heavy atom. The third-order valence-corrected chi connectivity index (χ3v) is 2.75. The average molecular weight is 264 g/mol. The van der Waals surface area contributed by atoms with Gasteiger partial charge in [0.2, 0.25) is 5.91 Å². The Labute approximate surface area is 112 Å². The number of aromatic carboxylic acids is 1. The third-order valence-electron chi connectivity index (χ3n) is 2.75. The lowest BCUT2D eigenvalue weighted by Gasteiger charge is -2.06. The summed E-state index contributed by atoms with van der Waals surface area (Å²) in [6, 6.07) is 6.23. The summed E-state index contributed by atoms with van der Waals surface area (Å²) in [7, 11) is 0. The fraction of sp³-hybridized carbons (Fsp3) is 0.429. The van der Waals surface area contributed by atoms with Gasteiger partial charge in [-0.1, -0.05) is 18.9 Å². The Hall–Kier alpha value is -1.88. The first-order valence-corrected chi connectivity index (χ1v) is 6.47. The zero-order chi connectivity index (χ0) is 14.1. The summed E-state index contributed by atoms with van der Waals surface area (Å²) >= 11 is 0. The topological polar surface area (TPSA) is 92.4 Å². The molecule has 0 fully saturated rings. The van der Waals surface area contributed by atoms with Gasteiger partial charge in [0.1, 0.15) is 0 Å². The second-order valence-electron chi connectivity index (χ2n) is 4.39. The molecule has 104 valence electrons. The molecule has 4 N–H and O–H groups in total. The Kier molecular flexibility index (Phi) is 6.60. The lowest BCUT2D eigenvalue weighted by atomic mass is 10.1. The molecule has 0 aliphatic rings. The first kappa shape index (κ1) is 15.2. The largest absolute Gasteiger partial charge is 0.478 e. The number of nitrogens with two attached hydrogens (primary N) is 1. The summed E-state index contributed by atoms with van der Waals surface area (Å²) in [6.07, 6.45) is 4.28. The monoisotopic (exact) mass is 264 g/mol. The maximum absolute atomic E-state index is 11.6. The van der Waals surface area contributed by atoms with Gasteiger partial charge in [-0.2, -0.15) is 0 Å². The molecule has 0 bridgehead atoms. The van der Waals surface area contributed by atoms with Crippen LogP contribution in [0.25, 0.3) is 0 Å². The molecule has 1 amide bonds. The number of carboxylic acid groups (broad SMARTS) is 1. The number of carbonyl (C=O) groups is 2. The first-order valence-electron chi connectivity index (χ1n) is 6.47. The number of amides is 1. The van der Waals surface area contributed by atoms with Gasteiger partial charge < -0.3 is 16.2 Å². The van der Waals surface area contributed by atoms with Gasteiger partial charge in [0.05, 0.1) is 5.56 Å². The standard InChI is InChI=1S/C14H20N2O3/c15-9-4-2-1-3-8-13(17)16-12-7-5-6-11(10-12)14(18)19/h5-7,10H,1-4,8-9,15H2,(H,16,17)(H,18,19). The van der Waals surface area contributed by atoms with Crippen LogP contribution in [0.1, 0.15) is 42.5 Å². The van der Waals surface area contributed by atoms with Crippen molar-refractivity contribution in [1.82, 2.24) is 0 Å². The number of carbonyl (C=O) groups excluding carboxylic acids is 1. The van der Waals surface area contributed by atoms with Crippen molar-refractivity contribution in [1.29, 1.82) is 0 Å². The third kappa shape index (κ3) is 6.01. The number of rotatable bonds is 8. The van der Waals surface area contributed by atoms with E-state index >= 15 is 0 Å². The van der Waals surface area contributed by atoms with Gasteiger partial charge in [-0.05, 0) is 37.6 Å². The zero-order valence-corrected chi connectivity index (χ0v) is 10.9. The van der Waals surface area contributed by atoms with Crippen molar-refractivity contribution in [2.45, 2.75) is 32.1 Å². The normalized spacial score (nSPS) is 10.2. The van der Waals surface area contributed by atoms with Crippen LogP contribution in [0.4, 0.5) is 5.69 Å². The van der Waals surface area contributed by atoms with E-state index in [2.05, 4.69) is 5.32 Å². The van der Waals surface area contributed by atoms with Gasteiger partial charge in [0, 0.05) is 12.1 Å². The zero-order valence-electron chi connectivity index (χ0n) is 10.9. The maximum atomic E-state index is 11.6. The molecular formula is C14H20N2O3. The lowest BCUT2D eigenvalue weighted by molar-refractivity contribution is -0.116. The number of carboxylic acids is 1. The molecular weight excluding hydrogens is 244 g/mol. The molecule has 5 nitrogen and oxygen atoms in total. The van der Waals surface area contributed by atoms with E-state index in [1.165, 1.54) is 12.1 Å². The fourth-order valence-electron chi connectivity index (χ4n) is 1.74. The van der Waals surface area contributed by atoms with Crippen LogP contribution >= 0.6 is 0 Å². The van der Waals surface area contributed by atoms with Crippen LogP contribution in [0.3, 0.4) is 0 Å². The van der Waals surface area contributed by atoms with Crippen LogP contribution in [0.15, 0.2) is 24.3 Å². The molecule has 5 heteroatoms. The summed E-state index contributed by atoms with van der Waals surface area (Å²) in [5.41, 5.74) is 6.07. The number of nitrogens with one attached hydrogen (secondary N) is 1. The molecule has 0 spiro atoms. The second kappa shape index (κ2) is 8.26. The van der Waals surface area contributed by atoms with Gasteiger partial charge in [0.15, 0.2) is 0 Å². The second-order valence-corrected chi connectivity index (χ2v) is 4.39. The number of benzene rings is 1. The molecule has 0 aliphatic carbocycles. The highest BCUT2D eigenvalue weighted by Crippen LogP contribution is 2.12. The van der Waals surface area contributed by atoms with E-state index in [1.807, 2.05) is 0 Å². The smallest absolute Gasteiger partial charge is 0.335 e. The van der Waals surface area contributed by atoms with Gasteiger partial charge >= 0.3 is 5.97 Å². The lowest BCUT2D eigenvalue weighted by Crippen LogP contribution is -2.11. The molecule has 1 aromatic rings. The van der Waals surface area contributed by atoms with Crippen LogP contribution in [0.2, 0.25) is 0 Å². The molecule has 0 heterocycles. The highest BCUT2D eigenvalue weighted by atomic mass is 16.4.